The third kappa shape index (κ3) is 2.79. The first-order valence-corrected chi connectivity index (χ1v) is 9.06. The van der Waals surface area contributed by atoms with Crippen LogP contribution < -0.4 is 4.74 Å². The Balaban J connectivity index is 1.50. The average Bonchev–Trinajstić information content (AvgIpc) is 2.53. The third-order valence-corrected chi connectivity index (χ3v) is 6.42. The zero-order valence-corrected chi connectivity index (χ0v) is 14.6. The summed E-state index contributed by atoms with van der Waals surface area (Å²) in [6, 6.07) is 2.49. The fourth-order valence-electron chi connectivity index (χ4n) is 5.60. The Morgan fingerprint density at radius 1 is 1.21 bits per heavy atom. The summed E-state index contributed by atoms with van der Waals surface area (Å²) in [5, 5.41) is 0.251. The van der Waals surface area contributed by atoms with Crippen LogP contribution in [-0.2, 0) is 4.74 Å². The Morgan fingerprint density at radius 2 is 1.79 bits per heavy atom. The number of methoxy groups -OCH3 is 1. The molecule has 0 aromatic heterocycles. The first kappa shape index (κ1) is 16.2. The number of hydrogen-bond acceptors (Lipinski definition) is 3. The monoisotopic (exact) mass is 352 g/mol. The van der Waals surface area contributed by atoms with Gasteiger partial charge in [0.05, 0.1) is 24.3 Å². The minimum atomic E-state index is -0.734. The van der Waals surface area contributed by atoms with E-state index in [4.69, 9.17) is 16.3 Å². The zero-order valence-electron chi connectivity index (χ0n) is 13.8. The Kier molecular flexibility index (Phi) is 3.98. The molecule has 0 radical (unpaired) electrons. The summed E-state index contributed by atoms with van der Waals surface area (Å²) in [5.74, 6) is 1.45. The molecule has 0 spiro atoms. The van der Waals surface area contributed by atoms with Crippen molar-refractivity contribution in [3.8, 4) is 5.75 Å². The molecular formula is C19H22ClFO3. The molecule has 24 heavy (non-hydrogen) atoms. The van der Waals surface area contributed by atoms with E-state index < -0.39 is 11.8 Å². The van der Waals surface area contributed by atoms with Gasteiger partial charge in [0, 0.05) is 11.5 Å². The molecule has 5 rings (SSSR count). The molecule has 0 atom stereocenters. The van der Waals surface area contributed by atoms with Crippen LogP contribution in [0.25, 0.3) is 0 Å². The molecule has 4 saturated carbocycles. The molecule has 0 saturated heterocycles. The SMILES string of the molecule is COC(=O)c1cc(Cl)c(OCC23CC4CC(CC(C4)C2)C3)cc1F. The van der Waals surface area contributed by atoms with Crippen LogP contribution in [0.4, 0.5) is 4.39 Å². The summed E-state index contributed by atoms with van der Waals surface area (Å²) in [7, 11) is 1.22. The van der Waals surface area contributed by atoms with Crippen LogP contribution in [0.5, 0.6) is 5.75 Å². The maximum absolute atomic E-state index is 14.1. The zero-order chi connectivity index (χ0) is 16.9. The Morgan fingerprint density at radius 3 is 2.33 bits per heavy atom. The largest absolute Gasteiger partial charge is 0.491 e. The molecule has 4 bridgehead atoms. The summed E-state index contributed by atoms with van der Waals surface area (Å²) in [6.45, 7) is 0.591. The number of carbonyl (C=O) groups is 1. The Hall–Kier alpha value is -1.29. The summed E-state index contributed by atoms with van der Waals surface area (Å²) < 4.78 is 24.6. The lowest BCUT2D eigenvalue weighted by Gasteiger charge is -2.56. The van der Waals surface area contributed by atoms with Gasteiger partial charge in [-0.2, -0.15) is 0 Å². The van der Waals surface area contributed by atoms with Gasteiger partial charge in [-0.05, 0) is 62.3 Å². The van der Waals surface area contributed by atoms with Crippen LogP contribution in [0.3, 0.4) is 0 Å². The van der Waals surface area contributed by atoms with Crippen molar-refractivity contribution in [1.82, 2.24) is 0 Å². The van der Waals surface area contributed by atoms with Gasteiger partial charge in [-0.15, -0.1) is 0 Å². The highest BCUT2D eigenvalue weighted by Crippen LogP contribution is 2.60. The van der Waals surface area contributed by atoms with Gasteiger partial charge in [0.25, 0.3) is 0 Å². The van der Waals surface area contributed by atoms with Crippen LogP contribution in [0.2, 0.25) is 5.02 Å². The first-order chi connectivity index (χ1) is 11.5. The fourth-order valence-corrected chi connectivity index (χ4v) is 5.82. The van der Waals surface area contributed by atoms with E-state index in [1.807, 2.05) is 0 Å². The second-order valence-electron chi connectivity index (χ2n) is 7.96. The minimum Gasteiger partial charge on any atom is -0.491 e. The predicted molar refractivity (Wildman–Crippen MR) is 88.8 cm³/mol. The highest BCUT2D eigenvalue weighted by Gasteiger charge is 2.51. The van der Waals surface area contributed by atoms with Crippen molar-refractivity contribution in [2.24, 2.45) is 23.2 Å². The molecule has 0 heterocycles. The van der Waals surface area contributed by atoms with Gasteiger partial charge in [-0.25, -0.2) is 9.18 Å². The molecule has 4 fully saturated rings. The van der Waals surface area contributed by atoms with E-state index in [9.17, 15) is 9.18 Å². The highest BCUT2D eigenvalue weighted by molar-refractivity contribution is 6.32. The molecule has 4 aliphatic carbocycles. The number of halogens is 2. The number of ether oxygens (including phenoxy) is 2. The molecular weight excluding hydrogens is 331 g/mol. The maximum atomic E-state index is 14.1. The van der Waals surface area contributed by atoms with Gasteiger partial charge in [-0.3, -0.25) is 0 Å². The van der Waals surface area contributed by atoms with Crippen LogP contribution in [0.15, 0.2) is 12.1 Å². The molecule has 4 aliphatic rings. The average molecular weight is 353 g/mol. The van der Waals surface area contributed by atoms with Crippen molar-refractivity contribution < 1.29 is 18.7 Å². The summed E-state index contributed by atoms with van der Waals surface area (Å²) in [4.78, 5) is 11.5. The highest BCUT2D eigenvalue weighted by atomic mass is 35.5. The van der Waals surface area contributed by atoms with Gasteiger partial charge < -0.3 is 9.47 Å². The Labute approximate surface area is 146 Å². The lowest BCUT2D eigenvalue weighted by Crippen LogP contribution is -2.48. The van der Waals surface area contributed by atoms with Crippen LogP contribution in [-0.4, -0.2) is 19.7 Å². The molecule has 130 valence electrons. The van der Waals surface area contributed by atoms with E-state index in [1.54, 1.807) is 0 Å². The summed E-state index contributed by atoms with van der Waals surface area (Å²) in [5.41, 5.74) is 0.0694. The van der Waals surface area contributed by atoms with E-state index in [0.717, 1.165) is 17.8 Å². The summed E-state index contributed by atoms with van der Waals surface area (Å²) in [6.07, 6.45) is 7.80. The van der Waals surface area contributed by atoms with Gasteiger partial charge in [0.15, 0.2) is 0 Å². The fraction of sp³-hybridized carbons (Fsp3) is 0.632. The number of esters is 1. The van der Waals surface area contributed by atoms with Crippen molar-refractivity contribution in [3.05, 3.63) is 28.5 Å². The predicted octanol–water partition coefficient (Wildman–Crippen LogP) is 4.86. The molecule has 5 heteroatoms. The van der Waals surface area contributed by atoms with Crippen molar-refractivity contribution in [2.45, 2.75) is 38.5 Å². The van der Waals surface area contributed by atoms with Crippen molar-refractivity contribution in [3.63, 3.8) is 0 Å². The van der Waals surface area contributed by atoms with Gasteiger partial charge >= 0.3 is 5.97 Å². The Bertz CT molecular complexity index is 638. The van der Waals surface area contributed by atoms with Gasteiger partial charge in [-0.1, -0.05) is 11.6 Å². The van der Waals surface area contributed by atoms with E-state index in [0.29, 0.717) is 12.4 Å². The van der Waals surface area contributed by atoms with Crippen LogP contribution >= 0.6 is 11.6 Å². The standard InChI is InChI=1S/C19H22ClFO3/c1-23-18(22)14-5-15(20)17(6-16(14)21)24-10-19-7-11-2-12(8-19)4-13(3-11)9-19/h5-6,11-13H,2-4,7-10H2,1H3. The molecule has 0 N–H and O–H groups in total. The normalized spacial score (nSPS) is 33.5. The van der Waals surface area contributed by atoms with Gasteiger partial charge in [0.2, 0.25) is 0 Å². The second-order valence-corrected chi connectivity index (χ2v) is 8.37. The molecule has 0 unspecified atom stereocenters. The minimum absolute atomic E-state index is 0.162. The topological polar surface area (TPSA) is 35.5 Å². The van der Waals surface area contributed by atoms with Crippen molar-refractivity contribution in [1.29, 1.82) is 0 Å². The number of rotatable bonds is 4. The molecule has 1 aromatic carbocycles. The molecule has 0 amide bonds. The van der Waals surface area contributed by atoms with Crippen LogP contribution in [0, 0.1) is 29.0 Å². The van der Waals surface area contributed by atoms with Crippen LogP contribution in [0.1, 0.15) is 48.9 Å². The molecule has 3 nitrogen and oxygen atoms in total. The molecule has 0 aliphatic heterocycles. The summed E-state index contributed by atoms with van der Waals surface area (Å²) >= 11 is 6.19. The van der Waals surface area contributed by atoms with Crippen molar-refractivity contribution in [2.75, 3.05) is 13.7 Å². The number of carbonyl (C=O) groups excluding carboxylic acids is 1. The third-order valence-electron chi connectivity index (χ3n) is 6.13. The second kappa shape index (κ2) is 5.91. The lowest BCUT2D eigenvalue weighted by molar-refractivity contribution is -0.0745. The lowest BCUT2D eigenvalue weighted by atomic mass is 9.50. The quantitative estimate of drug-likeness (QED) is 0.726. The van der Waals surface area contributed by atoms with E-state index in [1.165, 1.54) is 57.8 Å². The van der Waals surface area contributed by atoms with E-state index in [2.05, 4.69) is 4.74 Å². The molecule has 1 aromatic rings. The van der Waals surface area contributed by atoms with Crippen molar-refractivity contribution >= 4 is 17.6 Å². The first-order valence-electron chi connectivity index (χ1n) is 8.68. The van der Waals surface area contributed by atoms with Gasteiger partial charge in [0.1, 0.15) is 11.6 Å². The number of hydrogen-bond donors (Lipinski definition) is 0. The smallest absolute Gasteiger partial charge is 0.340 e. The number of benzene rings is 1. The maximum Gasteiger partial charge on any atom is 0.340 e. The van der Waals surface area contributed by atoms with E-state index in [-0.39, 0.29) is 16.0 Å². The van der Waals surface area contributed by atoms with E-state index >= 15 is 0 Å².